The van der Waals surface area contributed by atoms with Gasteiger partial charge in [-0.3, -0.25) is 0 Å². The normalized spacial score (nSPS) is 10.3. The fourth-order valence-corrected chi connectivity index (χ4v) is 2.28. The summed E-state index contributed by atoms with van der Waals surface area (Å²) in [4.78, 5) is 11.8. The smallest absolute Gasteiger partial charge is 0.343 e. The predicted molar refractivity (Wildman–Crippen MR) is 70.8 cm³/mol. The van der Waals surface area contributed by atoms with Crippen molar-refractivity contribution in [2.45, 2.75) is 39.5 Å². The lowest BCUT2D eigenvalue weighted by atomic mass is 10.2. The van der Waals surface area contributed by atoms with Crippen LogP contribution in [-0.2, 0) is 4.74 Å². The minimum atomic E-state index is -0.267. The molecule has 0 amide bonds. The van der Waals surface area contributed by atoms with E-state index in [-0.39, 0.29) is 5.97 Å². The number of anilines is 1. The number of ether oxygens (including phenoxy) is 1. The number of aryl methyl sites for hydroxylation is 1. The fraction of sp³-hybridized carbons (Fsp3) is 0.667. The summed E-state index contributed by atoms with van der Waals surface area (Å²) >= 11 is 1.29. The summed E-state index contributed by atoms with van der Waals surface area (Å²) in [6, 6.07) is 0. The second-order valence-electron chi connectivity index (χ2n) is 3.92. The topological polar surface area (TPSA) is 51.2 Å². The Morgan fingerprint density at radius 3 is 2.82 bits per heavy atom. The van der Waals surface area contributed by atoms with Crippen LogP contribution in [0.2, 0.25) is 0 Å². The molecule has 0 aliphatic carbocycles. The molecule has 96 valence electrons. The van der Waals surface area contributed by atoms with E-state index in [2.05, 4.69) is 16.6 Å². The third-order valence-electron chi connectivity index (χ3n) is 2.52. The van der Waals surface area contributed by atoms with Crippen molar-refractivity contribution >= 4 is 22.5 Å². The highest BCUT2D eigenvalue weighted by Gasteiger charge is 2.18. The standard InChI is InChI=1S/C12H20N2O2S/c1-4-5-6-7-8-16-12(15)10-9(2)14-17-11(10)13-3/h13H,4-8H2,1-3H3. The minimum absolute atomic E-state index is 0.267. The molecule has 17 heavy (non-hydrogen) atoms. The van der Waals surface area contributed by atoms with Crippen LogP contribution in [0.1, 0.15) is 48.7 Å². The zero-order valence-electron chi connectivity index (χ0n) is 10.7. The molecule has 4 nitrogen and oxygen atoms in total. The Morgan fingerprint density at radius 1 is 1.41 bits per heavy atom. The van der Waals surface area contributed by atoms with Crippen LogP contribution in [0.25, 0.3) is 0 Å². The highest BCUT2D eigenvalue weighted by molar-refractivity contribution is 7.10. The lowest BCUT2D eigenvalue weighted by molar-refractivity contribution is 0.0498. The first-order chi connectivity index (χ1) is 8.20. The molecule has 5 heteroatoms. The third kappa shape index (κ3) is 4.00. The maximum absolute atomic E-state index is 11.8. The number of rotatable bonds is 7. The summed E-state index contributed by atoms with van der Waals surface area (Å²) in [5.41, 5.74) is 1.31. The van der Waals surface area contributed by atoms with E-state index in [0.29, 0.717) is 12.2 Å². The van der Waals surface area contributed by atoms with Crippen molar-refractivity contribution in [3.8, 4) is 0 Å². The van der Waals surface area contributed by atoms with Crippen LogP contribution in [0.5, 0.6) is 0 Å². The first-order valence-corrected chi connectivity index (χ1v) is 6.79. The molecule has 0 spiro atoms. The number of nitrogens with one attached hydrogen (secondary N) is 1. The summed E-state index contributed by atoms with van der Waals surface area (Å²) < 4.78 is 9.39. The summed E-state index contributed by atoms with van der Waals surface area (Å²) in [5.74, 6) is -0.267. The molecule has 0 atom stereocenters. The average Bonchev–Trinajstić information content (AvgIpc) is 2.70. The van der Waals surface area contributed by atoms with Crippen LogP contribution in [0, 0.1) is 6.92 Å². The van der Waals surface area contributed by atoms with Crippen molar-refractivity contribution < 1.29 is 9.53 Å². The second kappa shape index (κ2) is 7.27. The number of esters is 1. The van der Waals surface area contributed by atoms with E-state index in [9.17, 15) is 4.79 Å². The molecular weight excluding hydrogens is 236 g/mol. The van der Waals surface area contributed by atoms with Gasteiger partial charge in [-0.15, -0.1) is 0 Å². The van der Waals surface area contributed by atoms with Crippen LogP contribution < -0.4 is 5.32 Å². The van der Waals surface area contributed by atoms with Crippen molar-refractivity contribution in [1.82, 2.24) is 4.37 Å². The Labute approximate surface area is 107 Å². The molecule has 1 aromatic heterocycles. The van der Waals surface area contributed by atoms with Crippen LogP contribution in [0.4, 0.5) is 5.00 Å². The Bertz CT molecular complexity index is 363. The van der Waals surface area contributed by atoms with Gasteiger partial charge in [0, 0.05) is 7.05 Å². The molecule has 1 N–H and O–H groups in total. The van der Waals surface area contributed by atoms with Crippen molar-refractivity contribution in [3.05, 3.63) is 11.3 Å². The van der Waals surface area contributed by atoms with E-state index >= 15 is 0 Å². The fourth-order valence-electron chi connectivity index (χ4n) is 1.55. The van der Waals surface area contributed by atoms with Crippen molar-refractivity contribution in [2.75, 3.05) is 19.0 Å². The molecule has 0 aliphatic rings. The monoisotopic (exact) mass is 256 g/mol. The average molecular weight is 256 g/mol. The van der Waals surface area contributed by atoms with E-state index in [1.54, 1.807) is 7.05 Å². The molecule has 1 rings (SSSR count). The van der Waals surface area contributed by atoms with Gasteiger partial charge in [0.2, 0.25) is 0 Å². The van der Waals surface area contributed by atoms with Gasteiger partial charge in [0.05, 0.1) is 12.3 Å². The van der Waals surface area contributed by atoms with E-state index in [4.69, 9.17) is 4.74 Å². The Kier molecular flexibility index (Phi) is 5.97. The van der Waals surface area contributed by atoms with Gasteiger partial charge < -0.3 is 10.1 Å². The molecule has 0 radical (unpaired) electrons. The largest absolute Gasteiger partial charge is 0.462 e. The molecule has 1 heterocycles. The number of aromatic nitrogens is 1. The SMILES string of the molecule is CCCCCCOC(=O)c1c(C)nsc1NC. The maximum atomic E-state index is 11.8. The van der Waals surface area contributed by atoms with Crippen LogP contribution >= 0.6 is 11.5 Å². The van der Waals surface area contributed by atoms with Gasteiger partial charge in [0.25, 0.3) is 0 Å². The van der Waals surface area contributed by atoms with E-state index in [1.807, 2.05) is 6.92 Å². The summed E-state index contributed by atoms with van der Waals surface area (Å²) in [6.45, 7) is 4.48. The molecule has 1 aromatic rings. The van der Waals surface area contributed by atoms with Crippen molar-refractivity contribution in [3.63, 3.8) is 0 Å². The van der Waals surface area contributed by atoms with Crippen molar-refractivity contribution in [1.29, 1.82) is 0 Å². The lowest BCUT2D eigenvalue weighted by Crippen LogP contribution is -2.09. The minimum Gasteiger partial charge on any atom is -0.462 e. The van der Waals surface area contributed by atoms with E-state index in [1.165, 1.54) is 24.4 Å². The number of unbranched alkanes of at least 4 members (excludes halogenated alkanes) is 3. The molecule has 0 saturated heterocycles. The number of hydrogen-bond donors (Lipinski definition) is 1. The summed E-state index contributed by atoms with van der Waals surface area (Å²) in [6.07, 6.45) is 4.43. The molecule has 0 fully saturated rings. The Balaban J connectivity index is 2.44. The predicted octanol–water partition coefficient (Wildman–Crippen LogP) is 3.23. The van der Waals surface area contributed by atoms with E-state index < -0.39 is 0 Å². The van der Waals surface area contributed by atoms with Crippen LogP contribution in [-0.4, -0.2) is 24.0 Å². The highest BCUT2D eigenvalue weighted by Crippen LogP contribution is 2.24. The Morgan fingerprint density at radius 2 is 2.18 bits per heavy atom. The molecule has 0 unspecified atom stereocenters. The summed E-state index contributed by atoms with van der Waals surface area (Å²) in [7, 11) is 1.78. The molecule has 0 bridgehead atoms. The van der Waals surface area contributed by atoms with Gasteiger partial charge in [-0.1, -0.05) is 26.2 Å². The first kappa shape index (κ1) is 14.0. The first-order valence-electron chi connectivity index (χ1n) is 6.01. The summed E-state index contributed by atoms with van der Waals surface area (Å²) in [5, 5.41) is 3.74. The Hall–Kier alpha value is -1.10. The number of hydrogen-bond acceptors (Lipinski definition) is 5. The van der Waals surface area contributed by atoms with Gasteiger partial charge in [-0.2, -0.15) is 4.37 Å². The quantitative estimate of drug-likeness (QED) is 0.601. The van der Waals surface area contributed by atoms with Gasteiger partial charge in [0.1, 0.15) is 10.6 Å². The number of carbonyl (C=O) groups is 1. The molecular formula is C12H20N2O2S. The van der Waals surface area contributed by atoms with Crippen LogP contribution in [0.15, 0.2) is 0 Å². The van der Waals surface area contributed by atoms with Gasteiger partial charge in [-0.05, 0) is 24.9 Å². The van der Waals surface area contributed by atoms with Gasteiger partial charge in [0.15, 0.2) is 0 Å². The molecule has 0 aliphatic heterocycles. The maximum Gasteiger partial charge on any atom is 0.343 e. The van der Waals surface area contributed by atoms with Gasteiger partial charge >= 0.3 is 5.97 Å². The molecule has 0 saturated carbocycles. The third-order valence-corrected chi connectivity index (χ3v) is 3.48. The zero-order valence-corrected chi connectivity index (χ0v) is 11.5. The van der Waals surface area contributed by atoms with Gasteiger partial charge in [-0.25, -0.2) is 4.79 Å². The highest BCUT2D eigenvalue weighted by atomic mass is 32.1. The number of carbonyl (C=O) groups excluding carboxylic acids is 1. The second-order valence-corrected chi connectivity index (χ2v) is 4.69. The number of nitrogens with zero attached hydrogens (tertiary/aromatic N) is 1. The van der Waals surface area contributed by atoms with Crippen LogP contribution in [0.3, 0.4) is 0 Å². The van der Waals surface area contributed by atoms with E-state index in [0.717, 1.165) is 23.5 Å². The zero-order chi connectivity index (χ0) is 12.7. The molecule has 0 aromatic carbocycles. The lowest BCUT2D eigenvalue weighted by Gasteiger charge is -2.05. The van der Waals surface area contributed by atoms with Crippen molar-refractivity contribution in [2.24, 2.45) is 0 Å².